The van der Waals surface area contributed by atoms with Crippen molar-refractivity contribution in [2.75, 3.05) is 0 Å². The number of hydrogen-bond acceptors (Lipinski definition) is 1. The first kappa shape index (κ1) is 25.9. The van der Waals surface area contributed by atoms with E-state index in [2.05, 4.69) is 60.0 Å². The minimum atomic E-state index is 0.543. The van der Waals surface area contributed by atoms with Crippen LogP contribution in [0.25, 0.3) is 5.57 Å². The van der Waals surface area contributed by atoms with E-state index in [1.54, 1.807) is 6.92 Å². The average Bonchev–Trinajstić information content (AvgIpc) is 2.49. The van der Waals surface area contributed by atoms with Gasteiger partial charge in [0.15, 0.2) is 0 Å². The van der Waals surface area contributed by atoms with Crippen LogP contribution in [-0.4, -0.2) is 5.17 Å². The molecule has 0 N–H and O–H groups in total. The Kier molecular flexibility index (Phi) is 14.4. The molecule has 25 heavy (non-hydrogen) atoms. The van der Waals surface area contributed by atoms with Gasteiger partial charge in [0.1, 0.15) is 5.17 Å². The quantitative estimate of drug-likeness (QED) is 0.376. The molecule has 1 aromatic rings. The molecule has 0 aromatic heterocycles. The summed E-state index contributed by atoms with van der Waals surface area (Å²) in [6.07, 6.45) is 1.25. The smallest absolute Gasteiger partial charge is 0.103 e. The van der Waals surface area contributed by atoms with Crippen molar-refractivity contribution in [3.05, 3.63) is 47.1 Å². The molecule has 0 spiro atoms. The Balaban J connectivity index is 0. The molecule has 0 saturated heterocycles. The summed E-state index contributed by atoms with van der Waals surface area (Å²) in [5.74, 6) is 0.722. The van der Waals surface area contributed by atoms with E-state index >= 15 is 0 Å². The fourth-order valence-corrected chi connectivity index (χ4v) is 1.97. The Morgan fingerprint density at radius 3 is 1.84 bits per heavy atom. The fraction of sp³-hybridized carbons (Fsp3) is 0.522. The maximum absolute atomic E-state index is 5.78. The van der Waals surface area contributed by atoms with E-state index in [1.165, 1.54) is 17.6 Å². The highest BCUT2D eigenvalue weighted by atomic mass is 35.5. The molecule has 0 unspecified atom stereocenters. The minimum Gasteiger partial charge on any atom is -0.241 e. The second-order valence-corrected chi connectivity index (χ2v) is 7.45. The number of nitrogens with zero attached hydrogens (tertiary/aromatic N) is 1. The van der Waals surface area contributed by atoms with Gasteiger partial charge in [-0.2, -0.15) is 0 Å². The van der Waals surface area contributed by atoms with E-state index in [9.17, 15) is 0 Å². The summed E-state index contributed by atoms with van der Waals surface area (Å²) < 4.78 is 0. The van der Waals surface area contributed by atoms with E-state index < -0.39 is 0 Å². The summed E-state index contributed by atoms with van der Waals surface area (Å²) in [6.45, 7) is 24.9. The summed E-state index contributed by atoms with van der Waals surface area (Å²) in [7, 11) is 0. The van der Waals surface area contributed by atoms with Crippen LogP contribution in [0.3, 0.4) is 0 Å². The van der Waals surface area contributed by atoms with Crippen molar-refractivity contribution in [3.8, 4) is 0 Å². The number of allylic oxidation sites excluding steroid dienone is 3. The molecule has 142 valence electrons. The van der Waals surface area contributed by atoms with Gasteiger partial charge in [0.05, 0.1) is 5.69 Å². The van der Waals surface area contributed by atoms with Crippen molar-refractivity contribution in [3.63, 3.8) is 0 Å². The highest BCUT2D eigenvalue weighted by Gasteiger charge is 2.04. The summed E-state index contributed by atoms with van der Waals surface area (Å²) in [6, 6.07) is 6.03. The predicted octanol–water partition coefficient (Wildman–Crippen LogP) is 8.73. The van der Waals surface area contributed by atoms with Gasteiger partial charge >= 0.3 is 0 Å². The third-order valence-electron chi connectivity index (χ3n) is 3.62. The predicted molar refractivity (Wildman–Crippen MR) is 119 cm³/mol. The van der Waals surface area contributed by atoms with Gasteiger partial charge in [-0.05, 0) is 58.6 Å². The van der Waals surface area contributed by atoms with Crippen molar-refractivity contribution in [1.82, 2.24) is 0 Å². The van der Waals surface area contributed by atoms with Gasteiger partial charge < -0.3 is 0 Å². The number of rotatable bonds is 3. The lowest BCUT2D eigenvalue weighted by molar-refractivity contribution is 0.756. The van der Waals surface area contributed by atoms with E-state index in [0.717, 1.165) is 28.3 Å². The number of para-hydroxylation sites is 1. The second-order valence-electron chi connectivity index (χ2n) is 6.91. The molecular weight excluding hydrogens is 326 g/mol. The topological polar surface area (TPSA) is 12.4 Å². The molecular formula is C23H38ClN. The zero-order chi connectivity index (χ0) is 20.2. The van der Waals surface area contributed by atoms with Gasteiger partial charge in [0.25, 0.3) is 0 Å². The molecule has 1 nitrogen and oxygen atoms in total. The lowest BCUT2D eigenvalue weighted by Crippen LogP contribution is -1.89. The number of hydrogen-bond donors (Lipinski definition) is 0. The molecule has 0 aliphatic carbocycles. The van der Waals surface area contributed by atoms with Crippen LogP contribution in [0.2, 0.25) is 0 Å². The Morgan fingerprint density at radius 2 is 1.56 bits per heavy atom. The molecule has 2 heteroatoms. The van der Waals surface area contributed by atoms with Gasteiger partial charge in [-0.15, -0.1) is 0 Å². The highest BCUT2D eigenvalue weighted by molar-refractivity contribution is 6.65. The summed E-state index contributed by atoms with van der Waals surface area (Å²) in [4.78, 5) is 4.30. The van der Waals surface area contributed by atoms with Crippen LogP contribution in [-0.2, 0) is 0 Å². The Bertz CT molecular complexity index is 584. The first-order valence-electron chi connectivity index (χ1n) is 9.09. The van der Waals surface area contributed by atoms with Crippen molar-refractivity contribution >= 4 is 28.0 Å². The van der Waals surface area contributed by atoms with Crippen LogP contribution < -0.4 is 0 Å². The largest absolute Gasteiger partial charge is 0.241 e. The third kappa shape index (κ3) is 11.8. The van der Waals surface area contributed by atoms with Crippen molar-refractivity contribution in [1.29, 1.82) is 0 Å². The standard InChI is InChI=1S/C12H14ClN.C8H16.C3H8/c1-8(2)11-7-5-6-9(3)12(11)14-10(4)13;1-6(2)8(5)7(3)4;1-3-2/h5-7H,1H2,2-4H3;6H,1-5H3;3H2,1-2H3. The van der Waals surface area contributed by atoms with E-state index in [4.69, 9.17) is 11.6 Å². The van der Waals surface area contributed by atoms with Gasteiger partial charge in [0.2, 0.25) is 0 Å². The van der Waals surface area contributed by atoms with Crippen molar-refractivity contribution < 1.29 is 0 Å². The van der Waals surface area contributed by atoms with Gasteiger partial charge in [0, 0.05) is 5.56 Å². The van der Waals surface area contributed by atoms with Crippen LogP contribution in [0, 0.1) is 12.8 Å². The van der Waals surface area contributed by atoms with Crippen LogP contribution >= 0.6 is 11.6 Å². The van der Waals surface area contributed by atoms with Gasteiger partial charge in [-0.25, -0.2) is 4.99 Å². The maximum atomic E-state index is 5.78. The Hall–Kier alpha value is -1.34. The number of halogens is 1. The fourth-order valence-electron chi connectivity index (χ4n) is 1.88. The molecule has 0 aliphatic rings. The molecule has 1 rings (SSSR count). The zero-order valence-electron chi connectivity index (χ0n) is 18.0. The van der Waals surface area contributed by atoms with Crippen molar-refractivity contribution in [2.24, 2.45) is 10.9 Å². The van der Waals surface area contributed by atoms with Gasteiger partial charge in [-0.1, -0.05) is 81.6 Å². The molecule has 1 aromatic carbocycles. The number of aryl methyl sites for hydroxylation is 1. The molecule has 0 heterocycles. The average molecular weight is 364 g/mol. The molecule has 0 amide bonds. The van der Waals surface area contributed by atoms with E-state index in [0.29, 0.717) is 5.17 Å². The zero-order valence-corrected chi connectivity index (χ0v) is 18.8. The minimum absolute atomic E-state index is 0.543. The second kappa shape index (κ2) is 13.9. The summed E-state index contributed by atoms with van der Waals surface area (Å²) in [5, 5.41) is 0.543. The first-order valence-corrected chi connectivity index (χ1v) is 9.47. The number of aliphatic imine (C=N–C) groups is 1. The molecule has 0 bridgehead atoms. The molecule has 0 fully saturated rings. The molecule has 0 saturated carbocycles. The number of benzene rings is 1. The lowest BCUT2D eigenvalue weighted by atomic mass is 10.0. The normalized spacial score (nSPS) is 10.3. The van der Waals surface area contributed by atoms with Crippen LogP contribution in [0.1, 0.15) is 79.9 Å². The van der Waals surface area contributed by atoms with Crippen LogP contribution in [0.4, 0.5) is 5.69 Å². The maximum Gasteiger partial charge on any atom is 0.103 e. The van der Waals surface area contributed by atoms with Gasteiger partial charge in [-0.3, -0.25) is 0 Å². The van der Waals surface area contributed by atoms with E-state index in [-0.39, 0.29) is 0 Å². The van der Waals surface area contributed by atoms with E-state index in [1.807, 2.05) is 32.0 Å². The van der Waals surface area contributed by atoms with Crippen LogP contribution in [0.15, 0.2) is 40.9 Å². The Morgan fingerprint density at radius 1 is 1.08 bits per heavy atom. The molecule has 0 aliphatic heterocycles. The molecule has 0 radical (unpaired) electrons. The monoisotopic (exact) mass is 363 g/mol. The molecule has 0 atom stereocenters. The lowest BCUT2D eigenvalue weighted by Gasteiger charge is -2.07. The first-order chi connectivity index (χ1) is 11.5. The summed E-state index contributed by atoms with van der Waals surface area (Å²) >= 11 is 5.78. The third-order valence-corrected chi connectivity index (χ3v) is 3.70. The Labute approximate surface area is 161 Å². The summed E-state index contributed by atoms with van der Waals surface area (Å²) in [5.41, 5.74) is 7.08. The highest BCUT2D eigenvalue weighted by Crippen LogP contribution is 2.29. The van der Waals surface area contributed by atoms with Crippen LogP contribution in [0.5, 0.6) is 0 Å². The SMILES string of the molecule is C=C(C)c1cccc(C)c1N=C(C)Cl.CC(C)=C(C)C(C)C.CCC. The van der Waals surface area contributed by atoms with Crippen molar-refractivity contribution in [2.45, 2.75) is 75.7 Å².